The maximum Gasteiger partial charge on any atom is 0.121 e. The van der Waals surface area contributed by atoms with Crippen LogP contribution >= 0.6 is 11.6 Å². The maximum absolute atomic E-state index is 5.87. The van der Waals surface area contributed by atoms with Crippen LogP contribution in [0.2, 0.25) is 5.02 Å². The van der Waals surface area contributed by atoms with Crippen molar-refractivity contribution in [1.29, 1.82) is 0 Å². The van der Waals surface area contributed by atoms with Gasteiger partial charge >= 0.3 is 0 Å². The number of halogens is 1. The quantitative estimate of drug-likeness (QED) is 0.809. The number of hydrogen-bond donors (Lipinski definition) is 1. The number of benzene rings is 1. The van der Waals surface area contributed by atoms with Crippen molar-refractivity contribution < 1.29 is 4.74 Å². The predicted molar refractivity (Wildman–Crippen MR) is 73.8 cm³/mol. The van der Waals surface area contributed by atoms with Crippen molar-refractivity contribution in [1.82, 2.24) is 5.32 Å². The second kappa shape index (κ2) is 6.08. The molecule has 0 amide bonds. The van der Waals surface area contributed by atoms with E-state index in [2.05, 4.69) is 32.7 Å². The zero-order valence-corrected chi connectivity index (χ0v) is 11.5. The maximum atomic E-state index is 5.87. The highest BCUT2D eigenvalue weighted by atomic mass is 35.5. The summed E-state index contributed by atoms with van der Waals surface area (Å²) in [7, 11) is 0. The van der Waals surface area contributed by atoms with E-state index in [0.29, 0.717) is 11.6 Å². The van der Waals surface area contributed by atoms with Gasteiger partial charge in [-0.1, -0.05) is 24.2 Å². The van der Waals surface area contributed by atoms with Gasteiger partial charge in [-0.3, -0.25) is 0 Å². The Bertz CT molecular complexity index is 382. The largest absolute Gasteiger partial charge is 0.489 e. The van der Waals surface area contributed by atoms with Crippen molar-refractivity contribution in [2.45, 2.75) is 26.3 Å². The number of rotatable bonds is 5. The monoisotopic (exact) mass is 253 g/mol. The highest BCUT2D eigenvalue weighted by Crippen LogP contribution is 2.17. The fourth-order valence-corrected chi connectivity index (χ4v) is 1.36. The van der Waals surface area contributed by atoms with Gasteiger partial charge in [0, 0.05) is 17.1 Å². The average molecular weight is 254 g/mol. The molecule has 0 radical (unpaired) electrons. The summed E-state index contributed by atoms with van der Waals surface area (Å²) in [5, 5.41) is 4.05. The smallest absolute Gasteiger partial charge is 0.121 e. The Morgan fingerprint density at radius 2 is 2.12 bits per heavy atom. The lowest BCUT2D eigenvalue weighted by Gasteiger charge is -2.21. The molecule has 0 aliphatic carbocycles. The second-order valence-corrected chi connectivity index (χ2v) is 5.54. The third-order valence-electron chi connectivity index (χ3n) is 2.11. The van der Waals surface area contributed by atoms with Gasteiger partial charge in [-0.2, -0.15) is 0 Å². The summed E-state index contributed by atoms with van der Waals surface area (Å²) in [4.78, 5) is 0. The van der Waals surface area contributed by atoms with Crippen LogP contribution in [-0.4, -0.2) is 18.7 Å². The van der Waals surface area contributed by atoms with E-state index in [4.69, 9.17) is 16.3 Å². The van der Waals surface area contributed by atoms with Gasteiger partial charge in [0.1, 0.15) is 12.4 Å². The molecule has 1 rings (SSSR count). The Morgan fingerprint density at radius 3 is 2.71 bits per heavy atom. The fraction of sp³-hybridized carbons (Fsp3) is 0.429. The van der Waals surface area contributed by atoms with Gasteiger partial charge in [0.05, 0.1) is 0 Å². The van der Waals surface area contributed by atoms with Gasteiger partial charge in [-0.05, 0) is 44.5 Å². The van der Waals surface area contributed by atoms with Crippen molar-refractivity contribution >= 4 is 11.6 Å². The normalized spacial score (nSPS) is 11.3. The molecule has 1 N–H and O–H groups in total. The van der Waals surface area contributed by atoms with Crippen LogP contribution in [0.15, 0.2) is 36.4 Å². The molecule has 0 saturated carbocycles. The van der Waals surface area contributed by atoms with Gasteiger partial charge in [-0.25, -0.2) is 0 Å². The number of nitrogens with one attached hydrogen (secondary N) is 1. The molecule has 0 spiro atoms. The lowest BCUT2D eigenvalue weighted by atomic mass is 10.1. The van der Waals surface area contributed by atoms with E-state index in [0.717, 1.165) is 17.9 Å². The first kappa shape index (κ1) is 14.1. The Balaban J connectivity index is 2.33. The van der Waals surface area contributed by atoms with Gasteiger partial charge in [-0.15, -0.1) is 0 Å². The second-order valence-electron chi connectivity index (χ2n) is 5.10. The van der Waals surface area contributed by atoms with Crippen molar-refractivity contribution in [2.75, 3.05) is 13.2 Å². The molecular formula is C14H20ClNO. The van der Waals surface area contributed by atoms with Crippen LogP contribution in [0.25, 0.3) is 0 Å². The van der Waals surface area contributed by atoms with Crippen LogP contribution in [0.1, 0.15) is 20.8 Å². The molecule has 0 heterocycles. The Morgan fingerprint density at radius 1 is 1.41 bits per heavy atom. The van der Waals surface area contributed by atoms with Gasteiger partial charge in [0.25, 0.3) is 0 Å². The summed E-state index contributed by atoms with van der Waals surface area (Å²) in [6.07, 6.45) is 0. The molecular weight excluding hydrogens is 234 g/mol. The summed E-state index contributed by atoms with van der Waals surface area (Å²) in [5.41, 5.74) is 1.11. The molecule has 17 heavy (non-hydrogen) atoms. The molecule has 94 valence electrons. The summed E-state index contributed by atoms with van der Waals surface area (Å²) in [6, 6.07) is 7.38. The molecule has 0 aliphatic heterocycles. The lowest BCUT2D eigenvalue weighted by Crippen LogP contribution is -2.37. The van der Waals surface area contributed by atoms with Crippen LogP contribution in [0, 0.1) is 0 Å². The van der Waals surface area contributed by atoms with Crippen LogP contribution < -0.4 is 10.1 Å². The first-order chi connectivity index (χ1) is 7.87. The first-order valence-corrected chi connectivity index (χ1v) is 6.05. The number of ether oxygens (including phenoxy) is 1. The molecule has 0 saturated heterocycles. The minimum absolute atomic E-state index is 0.0962. The first-order valence-electron chi connectivity index (χ1n) is 5.67. The van der Waals surface area contributed by atoms with E-state index in [1.54, 1.807) is 6.07 Å². The van der Waals surface area contributed by atoms with E-state index >= 15 is 0 Å². The molecule has 2 nitrogen and oxygen atoms in total. The molecule has 1 aromatic carbocycles. The summed E-state index contributed by atoms with van der Waals surface area (Å²) in [5.74, 6) is 0.773. The highest BCUT2D eigenvalue weighted by Gasteiger charge is 2.08. The SMILES string of the molecule is C=C(CNC(C)(C)C)COc1cccc(Cl)c1. The highest BCUT2D eigenvalue weighted by molar-refractivity contribution is 6.30. The van der Waals surface area contributed by atoms with Gasteiger partial charge < -0.3 is 10.1 Å². The van der Waals surface area contributed by atoms with E-state index in [1.165, 1.54) is 0 Å². The molecule has 0 aromatic heterocycles. The van der Waals surface area contributed by atoms with E-state index < -0.39 is 0 Å². The zero-order valence-electron chi connectivity index (χ0n) is 10.7. The molecule has 0 bridgehead atoms. The van der Waals surface area contributed by atoms with Crippen molar-refractivity contribution in [3.63, 3.8) is 0 Å². The molecule has 0 atom stereocenters. The van der Waals surface area contributed by atoms with E-state index in [1.807, 2.05) is 18.2 Å². The standard InChI is InChI=1S/C14H20ClNO/c1-11(9-16-14(2,3)4)10-17-13-7-5-6-12(15)8-13/h5-8,16H,1,9-10H2,2-4H3. The van der Waals surface area contributed by atoms with E-state index in [-0.39, 0.29) is 5.54 Å². The van der Waals surface area contributed by atoms with Crippen molar-refractivity contribution in [2.24, 2.45) is 0 Å². The summed E-state index contributed by atoms with van der Waals surface area (Å²) in [6.45, 7) is 11.6. The van der Waals surface area contributed by atoms with Crippen LogP contribution in [-0.2, 0) is 0 Å². The molecule has 3 heteroatoms. The van der Waals surface area contributed by atoms with Gasteiger partial charge in [0.15, 0.2) is 0 Å². The van der Waals surface area contributed by atoms with Crippen molar-refractivity contribution in [3.8, 4) is 5.75 Å². The van der Waals surface area contributed by atoms with Crippen molar-refractivity contribution in [3.05, 3.63) is 41.4 Å². The topological polar surface area (TPSA) is 21.3 Å². The van der Waals surface area contributed by atoms with Crippen LogP contribution in [0.4, 0.5) is 0 Å². The minimum atomic E-state index is 0.0962. The lowest BCUT2D eigenvalue weighted by molar-refractivity contribution is 0.341. The Kier molecular flexibility index (Phi) is 5.03. The van der Waals surface area contributed by atoms with E-state index in [9.17, 15) is 0 Å². The third-order valence-corrected chi connectivity index (χ3v) is 2.34. The van der Waals surface area contributed by atoms with Crippen LogP contribution in [0.3, 0.4) is 0 Å². The Labute approximate surface area is 109 Å². The minimum Gasteiger partial charge on any atom is -0.489 e. The number of hydrogen-bond acceptors (Lipinski definition) is 2. The third kappa shape index (κ3) is 6.35. The summed E-state index contributed by atoms with van der Waals surface area (Å²) >= 11 is 5.87. The summed E-state index contributed by atoms with van der Waals surface area (Å²) < 4.78 is 5.59. The molecule has 0 aliphatic rings. The van der Waals surface area contributed by atoms with Gasteiger partial charge in [0.2, 0.25) is 0 Å². The average Bonchev–Trinajstić information content (AvgIpc) is 2.23. The fourth-order valence-electron chi connectivity index (χ4n) is 1.18. The molecule has 1 aromatic rings. The molecule has 0 unspecified atom stereocenters. The molecule has 0 fully saturated rings. The Hall–Kier alpha value is -0.990. The zero-order chi connectivity index (χ0) is 12.9. The van der Waals surface area contributed by atoms with Crippen LogP contribution in [0.5, 0.6) is 5.75 Å². The predicted octanol–water partition coefficient (Wildman–Crippen LogP) is 3.66.